The van der Waals surface area contributed by atoms with Gasteiger partial charge >= 0.3 is 0 Å². The van der Waals surface area contributed by atoms with Crippen LogP contribution >= 0.6 is 22.9 Å². The highest BCUT2D eigenvalue weighted by Gasteiger charge is 2.64. The molecule has 1 aromatic heterocycles. The summed E-state index contributed by atoms with van der Waals surface area (Å²) >= 11 is 7.90. The molecule has 3 aliphatic heterocycles. The van der Waals surface area contributed by atoms with Crippen LogP contribution < -0.4 is 20.7 Å². The molecule has 2 unspecified atom stereocenters. The van der Waals surface area contributed by atoms with Crippen LogP contribution in [-0.2, 0) is 16.0 Å². The van der Waals surface area contributed by atoms with Gasteiger partial charge in [-0.25, -0.2) is 4.98 Å². The number of amides is 3. The molecule has 0 spiro atoms. The summed E-state index contributed by atoms with van der Waals surface area (Å²) < 4.78 is 6.40. The maximum atomic E-state index is 14.5. The zero-order valence-corrected chi connectivity index (χ0v) is 45.7. The van der Waals surface area contributed by atoms with Crippen molar-refractivity contribution in [3.8, 4) is 22.3 Å². The molecule has 1 aliphatic carbocycles. The lowest BCUT2D eigenvalue weighted by molar-refractivity contribution is -0.164. The maximum Gasteiger partial charge on any atom is 0.251 e. The van der Waals surface area contributed by atoms with E-state index < -0.39 is 23.6 Å². The van der Waals surface area contributed by atoms with Gasteiger partial charge in [0.15, 0.2) is 0 Å². The topological polar surface area (TPSA) is 163 Å². The number of carbonyl (C=O) groups excluding carboxylic acids is 3. The minimum Gasteiger partial charge on any atom is -0.489 e. The van der Waals surface area contributed by atoms with Crippen molar-refractivity contribution in [2.24, 2.45) is 16.2 Å². The van der Waals surface area contributed by atoms with Crippen LogP contribution in [0.15, 0.2) is 84.5 Å². The number of unbranched alkanes of at least 4 members (excludes halogenated alkanes) is 1. The number of aliphatic hydroxyl groups excluding tert-OH is 1. The molecular weight excluding hydrogens is 956 g/mol. The first kappa shape index (κ1) is 54.0. The molecular formula is C58H75ClN8O5S. The standard InChI is InChI=1S/C58H75ClN8O5S/c1-35(39-18-20-40(21-19-39)50-37(3)61-34-73-50)62-36(2)48-27-45(68)32-67(48)53(71)51(56(4,5)6)63-49(69)33-66-43-23-24-44(66)31-65(30-43)26-12-11-13-38-14-16-41(17-15-38)52(70)64-54-57(7,8)55(58(54,9)10)72-46-25-22-42(29-60)47(59)28-46/h14-22,25,28,34-35,43-45,48,51,54-55,62,68H,2,11-13,23-24,26-27,30-33H2,1,3-10H3,(H,63,69)(H,64,70)/t35-,43?,44?,45+,48-,51+,54?,55?/m0/s1. The van der Waals surface area contributed by atoms with E-state index >= 15 is 0 Å². The van der Waals surface area contributed by atoms with Gasteiger partial charge in [0.1, 0.15) is 24.0 Å². The van der Waals surface area contributed by atoms with Crippen LogP contribution in [0, 0.1) is 34.5 Å². The first-order valence-electron chi connectivity index (χ1n) is 26.0. The molecule has 2 bridgehead atoms. The Bertz CT molecular complexity index is 2660. The van der Waals surface area contributed by atoms with Crippen molar-refractivity contribution in [3.05, 3.63) is 117 Å². The number of rotatable bonds is 18. The van der Waals surface area contributed by atoms with Gasteiger partial charge in [-0.05, 0) is 98.9 Å². The third kappa shape index (κ3) is 11.8. The number of nitriles is 1. The fourth-order valence-electron chi connectivity index (χ4n) is 12.4. The van der Waals surface area contributed by atoms with Crippen LogP contribution in [0.1, 0.15) is 126 Å². The maximum absolute atomic E-state index is 14.5. The molecule has 13 nitrogen and oxygen atoms in total. The van der Waals surface area contributed by atoms with Crippen LogP contribution in [0.5, 0.6) is 5.75 Å². The van der Waals surface area contributed by atoms with Gasteiger partial charge in [-0.2, -0.15) is 5.26 Å². The van der Waals surface area contributed by atoms with E-state index in [9.17, 15) is 24.8 Å². The molecule has 1 saturated carbocycles. The Kier molecular flexibility index (Phi) is 16.2. The minimum atomic E-state index is -0.780. The van der Waals surface area contributed by atoms with Gasteiger partial charge in [0.25, 0.3) is 5.91 Å². The molecule has 4 aliphatic rings. The fourth-order valence-corrected chi connectivity index (χ4v) is 13.4. The van der Waals surface area contributed by atoms with Crippen LogP contribution in [0.4, 0.5) is 0 Å². The minimum absolute atomic E-state index is 0.0827. The second-order valence-corrected chi connectivity index (χ2v) is 24.6. The number of halogens is 1. The number of nitrogens with one attached hydrogen (secondary N) is 3. The van der Waals surface area contributed by atoms with Gasteiger partial charge in [-0.15, -0.1) is 11.3 Å². The highest BCUT2D eigenvalue weighted by molar-refractivity contribution is 7.13. The SMILES string of the molecule is C=C(N[C@@H](C)c1ccc(-c2scnc2C)cc1)[C@@H]1C[C@@H](O)CN1C(=O)[C@@H](NC(=O)CN1C2CCC1CN(CCCCc1ccc(C(=O)NC3C(C)(C)C(Oc4ccc(C#N)c(Cl)c4)C3(C)C)cc1)C2)C(C)(C)C. The highest BCUT2D eigenvalue weighted by Crippen LogP contribution is 2.55. The summed E-state index contributed by atoms with van der Waals surface area (Å²) in [6, 6.07) is 22.7. The number of fused-ring (bicyclic) bond motifs is 2. The number of ether oxygens (including phenoxy) is 1. The normalized spacial score (nSPS) is 24.2. The Hall–Kier alpha value is -5.30. The predicted octanol–water partition coefficient (Wildman–Crippen LogP) is 9.08. The van der Waals surface area contributed by atoms with Gasteiger partial charge in [0.05, 0.1) is 45.4 Å². The Labute approximate surface area is 441 Å². The Balaban J connectivity index is 0.773. The third-order valence-electron chi connectivity index (χ3n) is 16.1. The highest BCUT2D eigenvalue weighted by atomic mass is 35.5. The number of piperazine rings is 1. The molecule has 4 N–H and O–H groups in total. The molecule has 6 atom stereocenters. The van der Waals surface area contributed by atoms with Crippen molar-refractivity contribution in [2.45, 2.75) is 149 Å². The molecule has 3 amide bonds. The molecule has 0 radical (unpaired) electrons. The zero-order valence-electron chi connectivity index (χ0n) is 44.1. The number of aromatic nitrogens is 1. The fraction of sp³-hybridized carbons (Fsp3) is 0.534. The van der Waals surface area contributed by atoms with Crippen molar-refractivity contribution < 1.29 is 24.2 Å². The number of thiazole rings is 1. The summed E-state index contributed by atoms with van der Waals surface area (Å²) in [7, 11) is 0. The number of carbonyl (C=O) groups is 3. The van der Waals surface area contributed by atoms with Crippen molar-refractivity contribution in [1.82, 2.24) is 35.6 Å². The first-order valence-corrected chi connectivity index (χ1v) is 27.3. The largest absolute Gasteiger partial charge is 0.489 e. The summed E-state index contributed by atoms with van der Waals surface area (Å²) in [5.74, 6) is 0.137. The Morgan fingerprint density at radius 2 is 1.64 bits per heavy atom. The van der Waals surface area contributed by atoms with Crippen LogP contribution in [0.2, 0.25) is 5.02 Å². The number of likely N-dealkylation sites (tertiary alicyclic amines) is 2. The lowest BCUT2D eigenvalue weighted by atomic mass is 9.49. The van der Waals surface area contributed by atoms with Gasteiger partial charge < -0.3 is 35.6 Å². The number of benzene rings is 3. The van der Waals surface area contributed by atoms with Gasteiger partial charge in [0, 0.05) is 78.4 Å². The predicted molar refractivity (Wildman–Crippen MR) is 289 cm³/mol. The number of aliphatic hydroxyl groups is 1. The summed E-state index contributed by atoms with van der Waals surface area (Å²) in [5, 5.41) is 30.5. The molecule has 4 heterocycles. The van der Waals surface area contributed by atoms with E-state index in [4.69, 9.17) is 16.3 Å². The molecule has 390 valence electrons. The smallest absolute Gasteiger partial charge is 0.251 e. The van der Waals surface area contributed by atoms with E-state index in [-0.39, 0.29) is 71.9 Å². The van der Waals surface area contributed by atoms with Crippen molar-refractivity contribution in [3.63, 3.8) is 0 Å². The van der Waals surface area contributed by atoms with E-state index in [1.807, 2.05) is 45.3 Å². The van der Waals surface area contributed by atoms with Crippen LogP contribution in [-0.4, -0.2) is 118 Å². The third-order valence-corrected chi connectivity index (χ3v) is 17.4. The monoisotopic (exact) mass is 1030 g/mol. The molecule has 73 heavy (non-hydrogen) atoms. The number of β-amino-alcohol motifs (C(OH)–C–C–N with tert-alkyl or cyclic N) is 1. The summed E-state index contributed by atoms with van der Waals surface area (Å²) in [6.07, 6.45) is 4.60. The first-order chi connectivity index (χ1) is 34.5. The second-order valence-electron chi connectivity index (χ2n) is 23.3. The van der Waals surface area contributed by atoms with Crippen molar-refractivity contribution in [2.75, 3.05) is 32.7 Å². The lowest BCUT2D eigenvalue weighted by Crippen LogP contribution is -2.74. The van der Waals surface area contributed by atoms with Crippen LogP contribution in [0.3, 0.4) is 0 Å². The second kappa shape index (κ2) is 21.9. The summed E-state index contributed by atoms with van der Waals surface area (Å²) in [4.78, 5) is 54.1. The molecule has 8 rings (SSSR count). The molecule has 3 aromatic carbocycles. The van der Waals surface area contributed by atoms with Gasteiger partial charge in [-0.1, -0.05) is 103 Å². The van der Waals surface area contributed by atoms with E-state index in [2.05, 4.69) is 114 Å². The van der Waals surface area contributed by atoms with Gasteiger partial charge in [-0.3, -0.25) is 19.3 Å². The molecule has 4 aromatic rings. The average molecular weight is 1030 g/mol. The van der Waals surface area contributed by atoms with Crippen molar-refractivity contribution in [1.29, 1.82) is 5.26 Å². The lowest BCUT2D eigenvalue weighted by Gasteiger charge is -2.63. The van der Waals surface area contributed by atoms with Crippen molar-refractivity contribution >= 4 is 40.7 Å². The molecule has 4 fully saturated rings. The Morgan fingerprint density at radius 1 is 0.973 bits per heavy atom. The number of nitrogens with zero attached hydrogens (tertiary/aromatic N) is 5. The van der Waals surface area contributed by atoms with Gasteiger partial charge in [0.2, 0.25) is 11.8 Å². The van der Waals surface area contributed by atoms with E-state index in [0.29, 0.717) is 34.0 Å². The number of hydrogen-bond acceptors (Lipinski definition) is 11. The number of hydrogen-bond donors (Lipinski definition) is 4. The molecule has 3 saturated heterocycles. The van der Waals surface area contributed by atoms with E-state index in [1.165, 1.54) is 5.56 Å². The summed E-state index contributed by atoms with van der Waals surface area (Å²) in [5.41, 5.74) is 6.70. The quantitative estimate of drug-likeness (QED) is 0.0708. The summed E-state index contributed by atoms with van der Waals surface area (Å²) in [6.45, 7) is 26.0. The Morgan fingerprint density at radius 3 is 2.25 bits per heavy atom. The average Bonchev–Trinajstić information content (AvgIpc) is 4.02. The number of aryl methyl sites for hydroxylation is 2. The van der Waals surface area contributed by atoms with E-state index in [0.717, 1.165) is 73.4 Å². The van der Waals surface area contributed by atoms with Crippen LogP contribution in [0.25, 0.3) is 10.4 Å². The van der Waals surface area contributed by atoms with E-state index in [1.54, 1.807) is 34.4 Å². The zero-order chi connectivity index (χ0) is 52.6. The molecule has 15 heteroatoms.